The van der Waals surface area contributed by atoms with Gasteiger partial charge in [0.15, 0.2) is 0 Å². The maximum absolute atomic E-state index is 12.8. The Kier molecular flexibility index (Phi) is 6.01. The first-order valence-corrected chi connectivity index (χ1v) is 10.8. The molecule has 1 aliphatic rings. The topological polar surface area (TPSA) is 114 Å². The largest absolute Gasteiger partial charge is 0.465 e. The van der Waals surface area contributed by atoms with Crippen molar-refractivity contribution in [2.75, 3.05) is 33.3 Å². The molecular formula is C16H21N5O5S2. The fourth-order valence-corrected chi connectivity index (χ4v) is 5.49. The molecule has 0 unspecified atom stereocenters. The summed E-state index contributed by atoms with van der Waals surface area (Å²) in [5.74, 6) is -0.576. The lowest BCUT2D eigenvalue weighted by Crippen LogP contribution is -2.52. The zero-order valence-corrected chi connectivity index (χ0v) is 17.1. The number of urea groups is 1. The van der Waals surface area contributed by atoms with E-state index in [0.717, 1.165) is 17.0 Å². The summed E-state index contributed by atoms with van der Waals surface area (Å²) >= 11 is 0.977. The number of rotatable bonds is 5. The van der Waals surface area contributed by atoms with Gasteiger partial charge in [-0.2, -0.15) is 4.31 Å². The molecule has 2 aromatic heterocycles. The Hall–Kier alpha value is -2.44. The van der Waals surface area contributed by atoms with Crippen LogP contribution in [0.25, 0.3) is 0 Å². The number of thiophene rings is 1. The molecule has 10 nitrogen and oxygen atoms in total. The van der Waals surface area contributed by atoms with E-state index in [1.807, 2.05) is 11.6 Å². The van der Waals surface area contributed by atoms with Gasteiger partial charge in [0.2, 0.25) is 0 Å². The van der Waals surface area contributed by atoms with Gasteiger partial charge in [-0.1, -0.05) is 0 Å². The van der Waals surface area contributed by atoms with E-state index < -0.39 is 16.0 Å². The molecule has 0 atom stereocenters. The Labute approximate surface area is 166 Å². The van der Waals surface area contributed by atoms with E-state index in [1.54, 1.807) is 17.4 Å². The molecule has 2 aromatic rings. The number of aromatic nitrogens is 2. The maximum atomic E-state index is 12.8. The van der Waals surface area contributed by atoms with Crippen LogP contribution < -0.4 is 5.32 Å². The molecule has 1 N–H and O–H groups in total. The summed E-state index contributed by atoms with van der Waals surface area (Å²) in [5, 5.41) is 4.27. The fraction of sp³-hybridized carbons (Fsp3) is 0.438. The molecule has 0 saturated carbocycles. The van der Waals surface area contributed by atoms with E-state index in [9.17, 15) is 18.0 Å². The second kappa shape index (κ2) is 8.29. The predicted octanol–water partition coefficient (Wildman–Crippen LogP) is 0.484. The SMILES string of the molecule is COC(=O)c1csc(S(=O)(=O)N2CCN(C(=O)NCc3cncn3C)CC2)c1. The fourth-order valence-electron chi connectivity index (χ4n) is 2.77. The zero-order chi connectivity index (χ0) is 20.3. The zero-order valence-electron chi connectivity index (χ0n) is 15.5. The van der Waals surface area contributed by atoms with Crippen molar-refractivity contribution in [3.05, 3.63) is 35.2 Å². The van der Waals surface area contributed by atoms with Crippen molar-refractivity contribution in [1.82, 2.24) is 24.1 Å². The number of esters is 1. The summed E-state index contributed by atoms with van der Waals surface area (Å²) in [4.78, 5) is 29.4. The van der Waals surface area contributed by atoms with Gasteiger partial charge in [0, 0.05) is 44.8 Å². The molecule has 0 aromatic carbocycles. The number of nitrogens with zero attached hydrogens (tertiary/aromatic N) is 4. The minimum absolute atomic E-state index is 0.0852. The van der Waals surface area contributed by atoms with Crippen LogP contribution in [0.5, 0.6) is 0 Å². The van der Waals surface area contributed by atoms with Gasteiger partial charge in [0.1, 0.15) is 4.21 Å². The third kappa shape index (κ3) is 4.18. The van der Waals surface area contributed by atoms with Crippen molar-refractivity contribution in [3.63, 3.8) is 0 Å². The van der Waals surface area contributed by atoms with Gasteiger partial charge in [0.25, 0.3) is 10.0 Å². The van der Waals surface area contributed by atoms with Crippen molar-refractivity contribution in [3.8, 4) is 0 Å². The summed E-state index contributed by atoms with van der Waals surface area (Å²) < 4.78 is 33.4. The summed E-state index contributed by atoms with van der Waals surface area (Å²) in [6.07, 6.45) is 3.33. The van der Waals surface area contributed by atoms with Crippen molar-refractivity contribution >= 4 is 33.4 Å². The molecule has 1 aliphatic heterocycles. The number of imidazole rings is 1. The van der Waals surface area contributed by atoms with Gasteiger partial charge < -0.3 is 19.5 Å². The van der Waals surface area contributed by atoms with Gasteiger partial charge in [-0.05, 0) is 6.07 Å². The normalized spacial score (nSPS) is 15.4. The summed E-state index contributed by atoms with van der Waals surface area (Å²) in [5.41, 5.74) is 1.08. The lowest BCUT2D eigenvalue weighted by Gasteiger charge is -2.33. The molecule has 3 rings (SSSR count). The number of ether oxygens (including phenoxy) is 1. The van der Waals surface area contributed by atoms with Gasteiger partial charge in [-0.25, -0.2) is 23.0 Å². The Bertz CT molecular complexity index is 960. The Balaban J connectivity index is 1.56. The molecule has 12 heteroatoms. The van der Waals surface area contributed by atoms with Gasteiger partial charge in [-0.3, -0.25) is 0 Å². The third-order valence-corrected chi connectivity index (χ3v) is 7.77. The van der Waals surface area contributed by atoms with E-state index in [-0.39, 0.29) is 42.0 Å². The lowest BCUT2D eigenvalue weighted by atomic mass is 10.3. The predicted molar refractivity (Wildman–Crippen MR) is 101 cm³/mol. The number of methoxy groups -OCH3 is 1. The van der Waals surface area contributed by atoms with Gasteiger partial charge >= 0.3 is 12.0 Å². The molecule has 3 heterocycles. The van der Waals surface area contributed by atoms with Crippen LogP contribution in [0.3, 0.4) is 0 Å². The second-order valence-electron chi connectivity index (χ2n) is 6.19. The minimum Gasteiger partial charge on any atom is -0.465 e. The molecule has 152 valence electrons. The Morgan fingerprint density at radius 2 is 2.00 bits per heavy atom. The lowest BCUT2D eigenvalue weighted by molar-refractivity contribution is 0.0601. The molecule has 1 fully saturated rings. The first-order valence-electron chi connectivity index (χ1n) is 8.48. The third-order valence-electron chi connectivity index (χ3n) is 4.45. The van der Waals surface area contributed by atoms with Crippen LogP contribution in [0, 0.1) is 0 Å². The number of aryl methyl sites for hydroxylation is 1. The van der Waals surface area contributed by atoms with E-state index >= 15 is 0 Å². The first-order chi connectivity index (χ1) is 13.3. The van der Waals surface area contributed by atoms with Gasteiger partial charge in [0.05, 0.1) is 31.2 Å². The van der Waals surface area contributed by atoms with Crippen molar-refractivity contribution in [1.29, 1.82) is 0 Å². The number of piperazine rings is 1. The highest BCUT2D eigenvalue weighted by Gasteiger charge is 2.31. The smallest absolute Gasteiger partial charge is 0.338 e. The van der Waals surface area contributed by atoms with Crippen LogP contribution in [0.2, 0.25) is 0 Å². The van der Waals surface area contributed by atoms with Crippen molar-refractivity contribution in [2.45, 2.75) is 10.8 Å². The van der Waals surface area contributed by atoms with Crippen LogP contribution in [0.4, 0.5) is 4.79 Å². The number of amides is 2. The van der Waals surface area contributed by atoms with E-state index in [1.165, 1.54) is 22.9 Å². The highest BCUT2D eigenvalue weighted by atomic mass is 32.2. The van der Waals surface area contributed by atoms with Crippen LogP contribution in [0.1, 0.15) is 16.1 Å². The van der Waals surface area contributed by atoms with Crippen LogP contribution in [0.15, 0.2) is 28.2 Å². The number of hydrogen-bond acceptors (Lipinski definition) is 7. The van der Waals surface area contributed by atoms with Crippen LogP contribution in [-0.2, 0) is 28.4 Å². The standard InChI is InChI=1S/C16H21N5O5S2/c1-19-11-17-8-13(19)9-18-16(23)20-3-5-21(6-4-20)28(24,25)14-7-12(10-27-14)15(22)26-2/h7-8,10-11H,3-6,9H2,1-2H3,(H,18,23). The number of hydrogen-bond donors (Lipinski definition) is 1. The maximum Gasteiger partial charge on any atom is 0.338 e. The van der Waals surface area contributed by atoms with Crippen LogP contribution >= 0.6 is 11.3 Å². The second-order valence-corrected chi connectivity index (χ2v) is 9.27. The van der Waals surface area contributed by atoms with Gasteiger partial charge in [-0.15, -0.1) is 11.3 Å². The van der Waals surface area contributed by atoms with Crippen molar-refractivity contribution < 1.29 is 22.7 Å². The quantitative estimate of drug-likeness (QED) is 0.695. The Morgan fingerprint density at radius 1 is 1.29 bits per heavy atom. The van der Waals surface area contributed by atoms with E-state index in [2.05, 4.69) is 15.0 Å². The summed E-state index contributed by atoms with van der Waals surface area (Å²) in [6, 6.07) is 1.07. The number of carbonyl (C=O) groups is 2. The molecule has 0 spiro atoms. The molecular weight excluding hydrogens is 406 g/mol. The molecule has 2 amide bonds. The monoisotopic (exact) mass is 427 g/mol. The van der Waals surface area contributed by atoms with Crippen LogP contribution in [-0.4, -0.2) is 72.5 Å². The average molecular weight is 428 g/mol. The molecule has 0 bridgehead atoms. The first kappa shape index (κ1) is 20.3. The number of sulfonamides is 1. The minimum atomic E-state index is -3.71. The highest BCUT2D eigenvalue weighted by molar-refractivity contribution is 7.91. The Morgan fingerprint density at radius 3 is 2.61 bits per heavy atom. The summed E-state index contributed by atoms with van der Waals surface area (Å²) in [6.45, 7) is 1.29. The molecule has 0 radical (unpaired) electrons. The molecule has 28 heavy (non-hydrogen) atoms. The highest BCUT2D eigenvalue weighted by Crippen LogP contribution is 2.25. The number of carbonyl (C=O) groups excluding carboxylic acids is 2. The number of nitrogens with one attached hydrogen (secondary N) is 1. The molecule has 1 saturated heterocycles. The molecule has 0 aliphatic carbocycles. The van der Waals surface area contributed by atoms with Crippen molar-refractivity contribution in [2.24, 2.45) is 7.05 Å². The van der Waals surface area contributed by atoms with E-state index in [0.29, 0.717) is 6.54 Å². The average Bonchev–Trinajstić information content (AvgIpc) is 3.35. The summed E-state index contributed by atoms with van der Waals surface area (Å²) in [7, 11) is -0.627. The van der Waals surface area contributed by atoms with E-state index in [4.69, 9.17) is 0 Å².